The van der Waals surface area contributed by atoms with Gasteiger partial charge in [-0.1, -0.05) is 0 Å². The maximum absolute atomic E-state index is 11.2. The van der Waals surface area contributed by atoms with Crippen LogP contribution in [0.3, 0.4) is 0 Å². The number of ether oxygens (including phenoxy) is 1. The van der Waals surface area contributed by atoms with Crippen molar-refractivity contribution in [1.29, 1.82) is 0 Å². The van der Waals surface area contributed by atoms with Crippen molar-refractivity contribution < 1.29 is 13.2 Å². The summed E-state index contributed by atoms with van der Waals surface area (Å²) in [5.74, 6) is 4.02. The van der Waals surface area contributed by atoms with E-state index in [1.165, 1.54) is 36.5 Å². The second kappa shape index (κ2) is 6.78. The minimum atomic E-state index is -3.63. The fourth-order valence-corrected chi connectivity index (χ4v) is 4.63. The first-order valence-electron chi connectivity index (χ1n) is 7.61. The summed E-state index contributed by atoms with van der Waals surface area (Å²) in [4.78, 5) is 2.66. The zero-order valence-electron chi connectivity index (χ0n) is 12.5. The number of rotatable bonds is 6. The van der Waals surface area contributed by atoms with Crippen molar-refractivity contribution in [2.45, 2.75) is 23.8 Å². The van der Waals surface area contributed by atoms with Gasteiger partial charge in [-0.05, 0) is 43.0 Å². The van der Waals surface area contributed by atoms with Crippen molar-refractivity contribution in [1.82, 2.24) is 4.90 Å². The average Bonchev–Trinajstić information content (AvgIpc) is 3.32. The Kier molecular flexibility index (Phi) is 4.97. The molecular formula is C15H22N2O3S2. The summed E-state index contributed by atoms with van der Waals surface area (Å²) >= 11 is 2.06. The van der Waals surface area contributed by atoms with E-state index in [4.69, 9.17) is 9.88 Å². The number of primary sulfonamides is 1. The molecule has 1 aromatic carbocycles. The van der Waals surface area contributed by atoms with E-state index in [9.17, 15) is 8.42 Å². The predicted octanol–water partition coefficient (Wildman–Crippen LogP) is 1.54. The molecule has 0 unspecified atom stereocenters. The third-order valence-corrected chi connectivity index (χ3v) is 6.22. The second-order valence-electron chi connectivity index (χ2n) is 5.88. The first-order valence-corrected chi connectivity index (χ1v) is 10.3. The van der Waals surface area contributed by atoms with Gasteiger partial charge in [0.15, 0.2) is 0 Å². The quantitative estimate of drug-likeness (QED) is 0.849. The van der Waals surface area contributed by atoms with E-state index >= 15 is 0 Å². The molecule has 5 nitrogen and oxygen atoms in total. The van der Waals surface area contributed by atoms with Crippen LogP contribution < -0.4 is 9.88 Å². The molecular weight excluding hydrogens is 320 g/mol. The van der Waals surface area contributed by atoms with Crippen LogP contribution in [0, 0.1) is 5.92 Å². The summed E-state index contributed by atoms with van der Waals surface area (Å²) in [6.45, 7) is 2.70. The van der Waals surface area contributed by atoms with Gasteiger partial charge in [-0.2, -0.15) is 11.8 Å². The Balaban J connectivity index is 1.50. The first kappa shape index (κ1) is 16.1. The topological polar surface area (TPSA) is 72.6 Å². The van der Waals surface area contributed by atoms with Crippen LogP contribution in [0.15, 0.2) is 29.2 Å². The van der Waals surface area contributed by atoms with E-state index in [2.05, 4.69) is 16.7 Å². The van der Waals surface area contributed by atoms with Crippen LogP contribution in [0.2, 0.25) is 0 Å². The standard InChI is InChI=1S/C15H22N2O3S2/c16-22(18,19)14-5-3-13(4-6-14)20-9-7-17-8-10-21-11-15(17)12-1-2-12/h3-6,12,15H,1-2,7-11H2,(H2,16,18,19)/t15-/m1/s1. The molecule has 1 atom stereocenters. The number of nitrogens with two attached hydrogens (primary N) is 1. The van der Waals surface area contributed by atoms with Crippen LogP contribution in [0.1, 0.15) is 12.8 Å². The van der Waals surface area contributed by atoms with Crippen LogP contribution in [-0.4, -0.2) is 50.6 Å². The summed E-state index contributed by atoms with van der Waals surface area (Å²) in [5.41, 5.74) is 0. The molecule has 0 spiro atoms. The Hall–Kier alpha value is -0.760. The first-order chi connectivity index (χ1) is 10.5. The van der Waals surface area contributed by atoms with Gasteiger partial charge in [-0.15, -0.1) is 0 Å². The van der Waals surface area contributed by atoms with E-state index < -0.39 is 10.0 Å². The highest BCUT2D eigenvalue weighted by Gasteiger charge is 2.36. The number of benzene rings is 1. The molecule has 1 saturated carbocycles. The monoisotopic (exact) mass is 342 g/mol. The molecule has 0 aromatic heterocycles. The van der Waals surface area contributed by atoms with E-state index in [0.29, 0.717) is 18.4 Å². The third-order valence-electron chi connectivity index (χ3n) is 4.25. The predicted molar refractivity (Wildman–Crippen MR) is 88.7 cm³/mol. The molecule has 0 bridgehead atoms. The molecule has 1 aliphatic heterocycles. The van der Waals surface area contributed by atoms with Crippen molar-refractivity contribution in [2.24, 2.45) is 11.1 Å². The minimum Gasteiger partial charge on any atom is -0.492 e. The lowest BCUT2D eigenvalue weighted by Gasteiger charge is -2.35. The molecule has 1 heterocycles. The Morgan fingerprint density at radius 3 is 2.64 bits per heavy atom. The van der Waals surface area contributed by atoms with Gasteiger partial charge >= 0.3 is 0 Å². The Morgan fingerprint density at radius 1 is 1.27 bits per heavy atom. The molecule has 0 amide bonds. The largest absolute Gasteiger partial charge is 0.492 e. The van der Waals surface area contributed by atoms with Crippen LogP contribution in [0.5, 0.6) is 5.75 Å². The van der Waals surface area contributed by atoms with Crippen molar-refractivity contribution in [3.05, 3.63) is 24.3 Å². The van der Waals surface area contributed by atoms with Gasteiger partial charge in [0.1, 0.15) is 12.4 Å². The maximum atomic E-state index is 11.2. The zero-order chi connectivity index (χ0) is 15.6. The van der Waals surface area contributed by atoms with Gasteiger partial charge in [-0.3, -0.25) is 4.90 Å². The maximum Gasteiger partial charge on any atom is 0.238 e. The molecule has 122 valence electrons. The summed E-state index contributed by atoms with van der Waals surface area (Å²) in [6, 6.07) is 6.99. The van der Waals surface area contributed by atoms with Crippen LogP contribution in [-0.2, 0) is 10.0 Å². The van der Waals surface area contributed by atoms with Crippen LogP contribution >= 0.6 is 11.8 Å². The van der Waals surface area contributed by atoms with E-state index in [0.717, 1.165) is 19.0 Å². The van der Waals surface area contributed by atoms with Crippen molar-refractivity contribution >= 4 is 21.8 Å². The molecule has 0 radical (unpaired) electrons. The third kappa shape index (κ3) is 4.16. The normalized spacial score (nSPS) is 23.4. The highest BCUT2D eigenvalue weighted by Crippen LogP contribution is 2.38. The van der Waals surface area contributed by atoms with E-state index in [1.807, 2.05) is 0 Å². The molecule has 2 N–H and O–H groups in total. The van der Waals surface area contributed by atoms with Crippen LogP contribution in [0.25, 0.3) is 0 Å². The van der Waals surface area contributed by atoms with Crippen molar-refractivity contribution in [3.8, 4) is 5.75 Å². The second-order valence-corrected chi connectivity index (χ2v) is 8.59. The minimum absolute atomic E-state index is 0.113. The summed E-state index contributed by atoms with van der Waals surface area (Å²) in [6.07, 6.45) is 2.75. The smallest absolute Gasteiger partial charge is 0.238 e. The van der Waals surface area contributed by atoms with E-state index in [-0.39, 0.29) is 4.90 Å². The van der Waals surface area contributed by atoms with Gasteiger partial charge in [0.2, 0.25) is 10.0 Å². The van der Waals surface area contributed by atoms with Gasteiger partial charge < -0.3 is 4.74 Å². The van der Waals surface area contributed by atoms with Gasteiger partial charge in [0.05, 0.1) is 4.90 Å². The Bertz CT molecular complexity index is 600. The molecule has 2 aliphatic rings. The van der Waals surface area contributed by atoms with Gasteiger partial charge in [-0.25, -0.2) is 13.6 Å². The van der Waals surface area contributed by atoms with Gasteiger partial charge in [0, 0.05) is 30.6 Å². The summed E-state index contributed by atoms with van der Waals surface area (Å²) in [7, 11) is -3.63. The molecule has 7 heteroatoms. The molecule has 1 aliphatic carbocycles. The lowest BCUT2D eigenvalue weighted by Crippen LogP contribution is -2.45. The molecule has 3 rings (SSSR count). The average molecular weight is 342 g/mol. The number of nitrogens with zero attached hydrogens (tertiary/aromatic N) is 1. The van der Waals surface area contributed by atoms with E-state index in [1.54, 1.807) is 12.1 Å². The number of thioether (sulfide) groups is 1. The Morgan fingerprint density at radius 2 is 2.00 bits per heavy atom. The van der Waals surface area contributed by atoms with Crippen molar-refractivity contribution in [3.63, 3.8) is 0 Å². The SMILES string of the molecule is NS(=O)(=O)c1ccc(OCCN2CCSC[C@@H]2C2CC2)cc1. The van der Waals surface area contributed by atoms with Crippen molar-refractivity contribution in [2.75, 3.05) is 31.2 Å². The number of sulfonamides is 1. The fourth-order valence-electron chi connectivity index (χ4n) is 2.86. The molecule has 22 heavy (non-hydrogen) atoms. The number of hydrogen-bond donors (Lipinski definition) is 1. The summed E-state index contributed by atoms with van der Waals surface area (Å²) in [5, 5.41) is 5.08. The summed E-state index contributed by atoms with van der Waals surface area (Å²) < 4.78 is 28.1. The molecule has 1 aromatic rings. The highest BCUT2D eigenvalue weighted by atomic mass is 32.2. The highest BCUT2D eigenvalue weighted by molar-refractivity contribution is 7.99. The Labute approximate surface area is 136 Å². The zero-order valence-corrected chi connectivity index (χ0v) is 14.1. The van der Waals surface area contributed by atoms with Crippen LogP contribution in [0.4, 0.5) is 0 Å². The van der Waals surface area contributed by atoms with Gasteiger partial charge in [0.25, 0.3) is 0 Å². The lowest BCUT2D eigenvalue weighted by atomic mass is 10.2. The fraction of sp³-hybridized carbons (Fsp3) is 0.600. The lowest BCUT2D eigenvalue weighted by molar-refractivity contribution is 0.161. The molecule has 1 saturated heterocycles. The molecule has 2 fully saturated rings. The number of hydrogen-bond acceptors (Lipinski definition) is 5.